The van der Waals surface area contributed by atoms with Gasteiger partial charge in [0.1, 0.15) is 10.0 Å². The minimum absolute atomic E-state index is 0.625. The summed E-state index contributed by atoms with van der Waals surface area (Å²) in [5, 5.41) is 6.54. The van der Waals surface area contributed by atoms with E-state index in [4.69, 9.17) is 39.9 Å². The van der Waals surface area contributed by atoms with Crippen LogP contribution in [0.5, 0.6) is 0 Å². The molecule has 0 amide bonds. The third kappa shape index (κ3) is 11.1. The molecule has 0 aliphatic heterocycles. The molecule has 0 aliphatic rings. The first-order valence-electron chi connectivity index (χ1n) is 34.3. The Morgan fingerprint density at radius 2 is 0.567 bits per heavy atom. The number of thiophene rings is 2. The quantitative estimate of drug-likeness (QED) is 0.112. The molecule has 14 aromatic carbocycles. The molecule has 6 heterocycles. The third-order valence-corrected chi connectivity index (χ3v) is 24.0. The van der Waals surface area contributed by atoms with E-state index in [0.717, 1.165) is 144 Å². The van der Waals surface area contributed by atoms with Gasteiger partial charge in [-0.3, -0.25) is 0 Å². The lowest BCUT2D eigenvalue weighted by Gasteiger charge is -2.10. The Balaban J connectivity index is 0.678. The molecule has 6 aromatic heterocycles. The van der Waals surface area contributed by atoms with E-state index in [1.807, 2.05) is 72.8 Å². The Hall–Kier alpha value is -12.7. The van der Waals surface area contributed by atoms with Gasteiger partial charge in [-0.25, -0.2) is 39.9 Å². The Morgan fingerprint density at radius 1 is 0.173 bits per heavy atom. The molecule has 486 valence electrons. The van der Waals surface area contributed by atoms with Crippen molar-refractivity contribution in [3.05, 3.63) is 328 Å². The zero-order valence-electron chi connectivity index (χ0n) is 55.4. The van der Waals surface area contributed by atoms with E-state index >= 15 is 0 Å². The van der Waals surface area contributed by atoms with Gasteiger partial charge in [-0.1, -0.05) is 261 Å². The fourth-order valence-electron chi connectivity index (χ4n) is 14.2. The van der Waals surface area contributed by atoms with Crippen LogP contribution in [-0.2, 0) is 0 Å². The van der Waals surface area contributed by atoms with E-state index < -0.39 is 0 Å². The van der Waals surface area contributed by atoms with Gasteiger partial charge in [0.2, 0.25) is 0 Å². The predicted molar refractivity (Wildman–Crippen MR) is 436 cm³/mol. The number of thiazole rings is 2. The van der Waals surface area contributed by atoms with Crippen molar-refractivity contribution in [1.29, 1.82) is 0 Å². The van der Waals surface area contributed by atoms with E-state index in [1.54, 1.807) is 45.3 Å². The largest absolute Gasteiger partial charge is 0.236 e. The van der Waals surface area contributed by atoms with Crippen LogP contribution in [0.25, 0.3) is 206 Å². The van der Waals surface area contributed by atoms with E-state index in [2.05, 4.69) is 255 Å². The summed E-state index contributed by atoms with van der Waals surface area (Å²) in [6.07, 6.45) is 0. The summed E-state index contributed by atoms with van der Waals surface area (Å²) < 4.78 is 6.79. The van der Waals surface area contributed by atoms with Gasteiger partial charge in [0.15, 0.2) is 34.9 Å². The molecular weight excluding hydrogens is 1350 g/mol. The standard InChI is InChI=1S/C92H54N8S4/c1-7-23-55(24-8-1)66-43-47-76-79(54-66)102-92(93-76)75-52-67(51-74-69-39-21-41-71(81(69)103-83(74)75)89-97-85(57-27-11-3-12-28-57)95-86(98-89)58-29-13-4-14-30-58)64-38-20-36-62(50-64)61-35-19-37-63(49-61)65-44-48-78-77(53-65)94-91(101-78)73-46-45-68(56-25-9-2-10-26-56)80-70-40-22-42-72(82(70)104-84(73)80)90-99-87(59-31-15-5-16-32-59)96-88(100-90)60-33-17-6-18-34-60/h1-54H. The molecule has 0 atom stereocenters. The van der Waals surface area contributed by atoms with Gasteiger partial charge in [-0.2, -0.15) is 0 Å². The highest BCUT2D eigenvalue weighted by Gasteiger charge is 2.25. The second kappa shape index (κ2) is 25.7. The lowest BCUT2D eigenvalue weighted by Crippen LogP contribution is -2.00. The molecule has 0 aliphatic carbocycles. The minimum Gasteiger partial charge on any atom is -0.236 e. The number of nitrogens with zero attached hydrogens (tertiary/aromatic N) is 8. The van der Waals surface area contributed by atoms with Gasteiger partial charge < -0.3 is 0 Å². The molecule has 104 heavy (non-hydrogen) atoms. The lowest BCUT2D eigenvalue weighted by atomic mass is 9.94. The molecule has 20 rings (SSSR count). The Kier molecular flexibility index (Phi) is 15.1. The van der Waals surface area contributed by atoms with Crippen LogP contribution in [0.1, 0.15) is 0 Å². The van der Waals surface area contributed by atoms with Gasteiger partial charge in [0.05, 0.1) is 20.4 Å². The zero-order chi connectivity index (χ0) is 68.6. The first-order chi connectivity index (χ1) is 51.5. The first kappa shape index (κ1) is 61.2. The van der Waals surface area contributed by atoms with Crippen LogP contribution in [0.15, 0.2) is 328 Å². The molecule has 0 unspecified atom stereocenters. The Bertz CT molecular complexity index is 6600. The van der Waals surface area contributed by atoms with Gasteiger partial charge in [0, 0.05) is 84.9 Å². The summed E-state index contributed by atoms with van der Waals surface area (Å²) in [5.74, 6) is 3.77. The van der Waals surface area contributed by atoms with Crippen molar-refractivity contribution in [1.82, 2.24) is 39.9 Å². The van der Waals surface area contributed by atoms with E-state index in [-0.39, 0.29) is 0 Å². The SMILES string of the molecule is c1ccc(-c2ccc3nc(-c4cc(-c5cccc(-c6cccc(-c7ccc8sc(-c9ccc(-c%10ccccc%10)c%10c9sc9c(-c%11nc(-c%12ccccc%12)nc(-c%12ccccc%12)n%11)cccc9%10)nc8c7)c6)c5)cc5c4sc4c(-c6nc(-c7ccccc7)nc(-c7ccccc7)n6)cccc45)sc3c2)cc1. The van der Waals surface area contributed by atoms with E-state index in [9.17, 15) is 0 Å². The average Bonchev–Trinajstić information content (AvgIpc) is 1.57. The summed E-state index contributed by atoms with van der Waals surface area (Å²) in [7, 11) is 0. The second-order valence-corrected chi connectivity index (χ2v) is 29.8. The molecule has 0 saturated carbocycles. The molecule has 0 saturated heterocycles. The number of fused-ring (bicyclic) bond motifs is 8. The van der Waals surface area contributed by atoms with Gasteiger partial charge >= 0.3 is 0 Å². The number of hydrogen-bond acceptors (Lipinski definition) is 12. The monoisotopic (exact) mass is 1400 g/mol. The number of hydrogen-bond donors (Lipinski definition) is 0. The molecule has 0 bridgehead atoms. The van der Waals surface area contributed by atoms with Crippen LogP contribution >= 0.6 is 45.3 Å². The smallest absolute Gasteiger partial charge is 0.165 e. The molecule has 20 aromatic rings. The van der Waals surface area contributed by atoms with Crippen LogP contribution in [-0.4, -0.2) is 39.9 Å². The lowest BCUT2D eigenvalue weighted by molar-refractivity contribution is 1.08. The maximum absolute atomic E-state index is 5.51. The Labute approximate surface area is 614 Å². The second-order valence-electron chi connectivity index (χ2n) is 25.7. The minimum atomic E-state index is 0.625. The van der Waals surface area contributed by atoms with Gasteiger partial charge in [0.25, 0.3) is 0 Å². The average molecular weight is 1400 g/mol. The van der Waals surface area contributed by atoms with Crippen LogP contribution in [0.4, 0.5) is 0 Å². The van der Waals surface area contributed by atoms with Crippen molar-refractivity contribution in [2.75, 3.05) is 0 Å². The first-order valence-corrected chi connectivity index (χ1v) is 37.6. The highest BCUT2D eigenvalue weighted by atomic mass is 32.1. The zero-order valence-corrected chi connectivity index (χ0v) is 58.7. The highest BCUT2D eigenvalue weighted by Crippen LogP contribution is 2.51. The van der Waals surface area contributed by atoms with Crippen molar-refractivity contribution in [2.45, 2.75) is 0 Å². The van der Waals surface area contributed by atoms with Gasteiger partial charge in [-0.15, -0.1) is 45.3 Å². The Morgan fingerprint density at radius 3 is 1.12 bits per heavy atom. The third-order valence-electron chi connectivity index (χ3n) is 19.3. The maximum Gasteiger partial charge on any atom is 0.165 e. The number of rotatable bonds is 13. The summed E-state index contributed by atoms with van der Waals surface area (Å²) in [6, 6.07) is 116. The maximum atomic E-state index is 5.51. The van der Waals surface area contributed by atoms with Crippen molar-refractivity contribution >= 4 is 106 Å². The molecule has 12 heteroatoms. The molecular formula is C92H54N8S4. The number of aromatic nitrogens is 8. The summed E-state index contributed by atoms with van der Waals surface area (Å²) in [6.45, 7) is 0. The fourth-order valence-corrected chi connectivity index (χ4v) is 19.0. The van der Waals surface area contributed by atoms with Crippen LogP contribution in [0.3, 0.4) is 0 Å². The predicted octanol–water partition coefficient (Wildman–Crippen LogP) is 25.7. The van der Waals surface area contributed by atoms with Crippen molar-refractivity contribution in [2.24, 2.45) is 0 Å². The van der Waals surface area contributed by atoms with Crippen LogP contribution in [0.2, 0.25) is 0 Å². The van der Waals surface area contributed by atoms with E-state index in [0.29, 0.717) is 34.9 Å². The normalized spacial score (nSPS) is 11.7. The summed E-state index contributed by atoms with van der Waals surface area (Å²) in [5.41, 5.74) is 21.0. The van der Waals surface area contributed by atoms with Crippen LogP contribution in [0, 0.1) is 0 Å². The fraction of sp³-hybridized carbons (Fsp3) is 0. The van der Waals surface area contributed by atoms with Gasteiger partial charge in [-0.05, 0) is 122 Å². The van der Waals surface area contributed by atoms with Crippen molar-refractivity contribution in [3.8, 4) is 145 Å². The molecule has 0 fully saturated rings. The molecule has 0 radical (unpaired) electrons. The van der Waals surface area contributed by atoms with Crippen molar-refractivity contribution in [3.63, 3.8) is 0 Å². The van der Waals surface area contributed by atoms with Crippen LogP contribution < -0.4 is 0 Å². The van der Waals surface area contributed by atoms with E-state index in [1.165, 1.54) is 26.8 Å². The number of benzene rings is 14. The molecule has 0 N–H and O–H groups in total. The topological polar surface area (TPSA) is 103 Å². The summed E-state index contributed by atoms with van der Waals surface area (Å²) >= 11 is 7.04. The molecule has 0 spiro atoms. The van der Waals surface area contributed by atoms with Crippen molar-refractivity contribution < 1.29 is 0 Å². The highest BCUT2D eigenvalue weighted by molar-refractivity contribution is 7.28. The molecule has 8 nitrogen and oxygen atoms in total. The summed E-state index contributed by atoms with van der Waals surface area (Å²) in [4.78, 5) is 41.9.